The number of hydrogen-bond donors (Lipinski definition) is 1. The molecule has 0 atom stereocenters. The van der Waals surface area contributed by atoms with E-state index >= 15 is 0 Å². The zero-order valence-electron chi connectivity index (χ0n) is 11.8. The molecule has 0 aromatic heterocycles. The number of rotatable bonds is 8. The normalized spacial score (nSPS) is 12.0. The minimum absolute atomic E-state index is 0.0471. The molecule has 0 unspecified atom stereocenters. The Bertz CT molecular complexity index is 575. The van der Waals surface area contributed by atoms with E-state index in [1.54, 1.807) is 0 Å². The Balaban J connectivity index is 3.21. The van der Waals surface area contributed by atoms with E-state index in [2.05, 4.69) is 0 Å². The van der Waals surface area contributed by atoms with Gasteiger partial charge in [-0.15, -0.1) is 0 Å². The number of halogens is 2. The van der Waals surface area contributed by atoms with Crippen molar-refractivity contribution in [1.29, 1.82) is 0 Å². The SMILES string of the molecule is COCCN(CCOC)S(=O)(=O)c1cc(Cl)cc(N)c1F. The number of methoxy groups -OCH3 is 2. The summed E-state index contributed by atoms with van der Waals surface area (Å²) in [5.74, 6) is -1.01. The van der Waals surface area contributed by atoms with Crippen molar-refractivity contribution in [3.05, 3.63) is 23.0 Å². The third-order valence-electron chi connectivity index (χ3n) is 2.74. The molecular formula is C12H18ClFN2O4S. The van der Waals surface area contributed by atoms with E-state index in [1.807, 2.05) is 0 Å². The standard InChI is InChI=1S/C12H18ClFN2O4S/c1-19-5-3-16(4-6-20-2)21(17,18)11-8-9(13)7-10(15)12(11)14/h7-8H,3-6,15H2,1-2H3. The molecule has 0 aliphatic rings. The Morgan fingerprint density at radius 3 is 2.24 bits per heavy atom. The van der Waals surface area contributed by atoms with Crippen LogP contribution >= 0.6 is 11.6 Å². The molecule has 9 heteroatoms. The van der Waals surface area contributed by atoms with Gasteiger partial charge in [0, 0.05) is 32.3 Å². The average Bonchev–Trinajstić information content (AvgIpc) is 2.42. The van der Waals surface area contributed by atoms with E-state index in [0.29, 0.717) is 0 Å². The second-order valence-electron chi connectivity index (χ2n) is 4.20. The van der Waals surface area contributed by atoms with Crippen molar-refractivity contribution >= 4 is 27.3 Å². The van der Waals surface area contributed by atoms with Crippen LogP contribution in [0.15, 0.2) is 17.0 Å². The largest absolute Gasteiger partial charge is 0.396 e. The molecule has 0 aliphatic heterocycles. The van der Waals surface area contributed by atoms with Gasteiger partial charge < -0.3 is 15.2 Å². The zero-order chi connectivity index (χ0) is 16.0. The summed E-state index contributed by atoms with van der Waals surface area (Å²) in [6.07, 6.45) is 0. The minimum Gasteiger partial charge on any atom is -0.396 e. The first-order valence-corrected chi connectivity index (χ1v) is 7.89. The number of ether oxygens (including phenoxy) is 2. The van der Waals surface area contributed by atoms with Crippen molar-refractivity contribution in [2.24, 2.45) is 0 Å². The zero-order valence-corrected chi connectivity index (χ0v) is 13.4. The number of nitrogen functional groups attached to an aromatic ring is 1. The molecule has 0 saturated carbocycles. The van der Waals surface area contributed by atoms with Crippen molar-refractivity contribution in [2.45, 2.75) is 4.90 Å². The highest BCUT2D eigenvalue weighted by molar-refractivity contribution is 7.89. The third-order valence-corrected chi connectivity index (χ3v) is 4.86. The summed E-state index contributed by atoms with van der Waals surface area (Å²) in [4.78, 5) is -0.556. The fraction of sp³-hybridized carbons (Fsp3) is 0.500. The summed E-state index contributed by atoms with van der Waals surface area (Å²) >= 11 is 5.76. The number of nitrogens with two attached hydrogens (primary N) is 1. The highest BCUT2D eigenvalue weighted by atomic mass is 35.5. The van der Waals surface area contributed by atoms with Crippen LogP contribution in [0.4, 0.5) is 10.1 Å². The lowest BCUT2D eigenvalue weighted by molar-refractivity contribution is 0.150. The monoisotopic (exact) mass is 340 g/mol. The molecule has 0 amide bonds. The molecule has 6 nitrogen and oxygen atoms in total. The van der Waals surface area contributed by atoms with Gasteiger partial charge in [0.1, 0.15) is 4.90 Å². The Kier molecular flexibility index (Phi) is 6.82. The molecule has 0 aliphatic carbocycles. The first-order valence-electron chi connectivity index (χ1n) is 6.07. The lowest BCUT2D eigenvalue weighted by Crippen LogP contribution is -2.37. The van der Waals surface area contributed by atoms with Gasteiger partial charge in [-0.3, -0.25) is 0 Å². The number of hydrogen-bond acceptors (Lipinski definition) is 5. The molecule has 120 valence electrons. The van der Waals surface area contributed by atoms with Gasteiger partial charge in [0.25, 0.3) is 0 Å². The van der Waals surface area contributed by atoms with E-state index in [4.69, 9.17) is 26.8 Å². The summed E-state index contributed by atoms with van der Waals surface area (Å²) in [6.45, 7) is 0.462. The molecule has 0 spiro atoms. The number of sulfonamides is 1. The van der Waals surface area contributed by atoms with Crippen molar-refractivity contribution < 1.29 is 22.3 Å². The highest BCUT2D eigenvalue weighted by Crippen LogP contribution is 2.27. The van der Waals surface area contributed by atoms with Crippen molar-refractivity contribution in [1.82, 2.24) is 4.31 Å². The summed E-state index contributed by atoms with van der Waals surface area (Å²) in [6, 6.07) is 2.19. The van der Waals surface area contributed by atoms with Gasteiger partial charge in [-0.25, -0.2) is 12.8 Å². The molecular weight excluding hydrogens is 323 g/mol. The second-order valence-corrected chi connectivity index (χ2v) is 6.54. The predicted molar refractivity (Wildman–Crippen MR) is 78.3 cm³/mol. The maximum Gasteiger partial charge on any atom is 0.246 e. The maximum atomic E-state index is 14.0. The van der Waals surface area contributed by atoms with E-state index in [1.165, 1.54) is 14.2 Å². The van der Waals surface area contributed by atoms with Crippen LogP contribution in [0, 0.1) is 5.82 Å². The van der Waals surface area contributed by atoms with Gasteiger partial charge >= 0.3 is 0 Å². The van der Waals surface area contributed by atoms with E-state index in [9.17, 15) is 12.8 Å². The molecule has 2 N–H and O–H groups in total. The summed E-state index contributed by atoms with van der Waals surface area (Å²) in [5.41, 5.74) is 5.11. The average molecular weight is 341 g/mol. The van der Waals surface area contributed by atoms with E-state index < -0.39 is 20.7 Å². The lowest BCUT2D eigenvalue weighted by Gasteiger charge is -2.22. The molecule has 1 aromatic rings. The van der Waals surface area contributed by atoms with Crippen LogP contribution in [-0.2, 0) is 19.5 Å². The van der Waals surface area contributed by atoms with Gasteiger partial charge in [-0.2, -0.15) is 4.31 Å². The Labute approximate surface area is 128 Å². The Morgan fingerprint density at radius 2 is 1.76 bits per heavy atom. The van der Waals surface area contributed by atoms with Gasteiger partial charge in [-0.05, 0) is 12.1 Å². The maximum absolute atomic E-state index is 14.0. The van der Waals surface area contributed by atoms with Crippen LogP contribution in [-0.4, -0.2) is 53.2 Å². The van der Waals surface area contributed by atoms with Gasteiger partial charge in [-0.1, -0.05) is 11.6 Å². The Morgan fingerprint density at radius 1 is 1.24 bits per heavy atom. The van der Waals surface area contributed by atoms with Crippen LogP contribution in [0.2, 0.25) is 5.02 Å². The predicted octanol–water partition coefficient (Wildman–Crippen LogP) is 1.34. The summed E-state index contributed by atoms with van der Waals surface area (Å²) in [5, 5.41) is 0.0471. The molecule has 0 radical (unpaired) electrons. The smallest absolute Gasteiger partial charge is 0.246 e. The fourth-order valence-electron chi connectivity index (χ4n) is 1.65. The lowest BCUT2D eigenvalue weighted by atomic mass is 10.3. The summed E-state index contributed by atoms with van der Waals surface area (Å²) < 4.78 is 49.9. The van der Waals surface area contributed by atoms with Crippen LogP contribution < -0.4 is 5.73 Å². The molecule has 0 saturated heterocycles. The third kappa shape index (κ3) is 4.52. The van der Waals surface area contributed by atoms with Gasteiger partial charge in [0.15, 0.2) is 5.82 Å². The minimum atomic E-state index is -4.09. The van der Waals surface area contributed by atoms with Crippen molar-refractivity contribution in [3.63, 3.8) is 0 Å². The topological polar surface area (TPSA) is 81.9 Å². The van der Waals surface area contributed by atoms with Crippen LogP contribution in [0.1, 0.15) is 0 Å². The first-order chi connectivity index (χ1) is 9.84. The molecule has 0 fully saturated rings. The molecule has 1 rings (SSSR count). The number of benzene rings is 1. The Hall–Kier alpha value is -0.930. The fourth-order valence-corrected chi connectivity index (χ4v) is 3.47. The molecule has 1 aromatic carbocycles. The van der Waals surface area contributed by atoms with Gasteiger partial charge in [0.2, 0.25) is 10.0 Å². The van der Waals surface area contributed by atoms with Crippen LogP contribution in [0.25, 0.3) is 0 Å². The van der Waals surface area contributed by atoms with E-state index in [-0.39, 0.29) is 37.0 Å². The summed E-state index contributed by atoms with van der Waals surface area (Å²) in [7, 11) is -1.20. The van der Waals surface area contributed by atoms with Gasteiger partial charge in [0.05, 0.1) is 18.9 Å². The van der Waals surface area contributed by atoms with Crippen LogP contribution in [0.3, 0.4) is 0 Å². The van der Waals surface area contributed by atoms with Crippen molar-refractivity contribution in [3.8, 4) is 0 Å². The number of nitrogens with zero attached hydrogens (tertiary/aromatic N) is 1. The second kappa shape index (κ2) is 7.90. The molecule has 21 heavy (non-hydrogen) atoms. The quantitative estimate of drug-likeness (QED) is 0.722. The molecule has 0 heterocycles. The highest BCUT2D eigenvalue weighted by Gasteiger charge is 2.28. The first kappa shape index (κ1) is 18.1. The number of anilines is 1. The molecule has 0 bridgehead atoms. The van der Waals surface area contributed by atoms with Crippen molar-refractivity contribution in [2.75, 3.05) is 46.3 Å². The van der Waals surface area contributed by atoms with Crippen LogP contribution in [0.5, 0.6) is 0 Å². The van der Waals surface area contributed by atoms with E-state index in [0.717, 1.165) is 16.4 Å².